The highest BCUT2D eigenvalue weighted by molar-refractivity contribution is 5.45. The fraction of sp³-hybridized carbons (Fsp3) is 0.455. The second kappa shape index (κ2) is 5.66. The Morgan fingerprint density at radius 2 is 1.80 bits per heavy atom. The Morgan fingerprint density at radius 3 is 2.20 bits per heavy atom. The van der Waals surface area contributed by atoms with E-state index >= 15 is 0 Å². The van der Waals surface area contributed by atoms with Gasteiger partial charge in [0.25, 0.3) is 5.92 Å². The van der Waals surface area contributed by atoms with Gasteiger partial charge >= 0.3 is 0 Å². The highest BCUT2D eigenvalue weighted by atomic mass is 19.3. The molecule has 1 aromatic rings. The van der Waals surface area contributed by atoms with Crippen LogP contribution in [-0.4, -0.2) is 11.7 Å². The first-order valence-electron chi connectivity index (χ1n) is 4.82. The SMILES string of the molecule is CC.Cc1cc(N)cc(C(F)(F)CO)c1. The van der Waals surface area contributed by atoms with Gasteiger partial charge in [-0.05, 0) is 30.7 Å². The van der Waals surface area contributed by atoms with Crippen molar-refractivity contribution >= 4 is 5.69 Å². The van der Waals surface area contributed by atoms with Crippen molar-refractivity contribution < 1.29 is 13.9 Å². The zero-order valence-corrected chi connectivity index (χ0v) is 9.22. The number of hydrogen-bond donors (Lipinski definition) is 2. The Balaban J connectivity index is 0.000000921. The number of alkyl halides is 2. The summed E-state index contributed by atoms with van der Waals surface area (Å²) in [6, 6.07) is 4.08. The molecule has 3 N–H and O–H groups in total. The molecule has 0 fully saturated rings. The first kappa shape index (κ1) is 13.8. The van der Waals surface area contributed by atoms with Gasteiger partial charge in [0.05, 0.1) is 0 Å². The van der Waals surface area contributed by atoms with Gasteiger partial charge in [0, 0.05) is 11.3 Å². The number of aliphatic hydroxyl groups is 1. The molecule has 0 amide bonds. The van der Waals surface area contributed by atoms with Crippen LogP contribution in [0.2, 0.25) is 0 Å². The molecule has 0 bridgehead atoms. The minimum absolute atomic E-state index is 0.243. The van der Waals surface area contributed by atoms with E-state index < -0.39 is 12.5 Å². The molecule has 0 spiro atoms. The van der Waals surface area contributed by atoms with Crippen LogP contribution < -0.4 is 5.73 Å². The zero-order valence-electron chi connectivity index (χ0n) is 9.22. The van der Waals surface area contributed by atoms with Crippen LogP contribution in [0.15, 0.2) is 18.2 Å². The van der Waals surface area contributed by atoms with Crippen molar-refractivity contribution in [2.75, 3.05) is 12.3 Å². The molecule has 4 heteroatoms. The monoisotopic (exact) mass is 217 g/mol. The van der Waals surface area contributed by atoms with E-state index in [1.165, 1.54) is 12.1 Å². The molecule has 0 saturated carbocycles. The molecular weight excluding hydrogens is 200 g/mol. The second-order valence-electron chi connectivity index (χ2n) is 2.99. The van der Waals surface area contributed by atoms with E-state index in [0.717, 1.165) is 0 Å². The average molecular weight is 217 g/mol. The van der Waals surface area contributed by atoms with Crippen molar-refractivity contribution in [1.29, 1.82) is 0 Å². The normalized spacial score (nSPS) is 10.5. The molecule has 1 aromatic carbocycles. The third-order valence-corrected chi connectivity index (χ3v) is 1.72. The van der Waals surface area contributed by atoms with Crippen LogP contribution in [0.3, 0.4) is 0 Å². The van der Waals surface area contributed by atoms with E-state index in [4.69, 9.17) is 10.8 Å². The van der Waals surface area contributed by atoms with Crippen molar-refractivity contribution in [3.8, 4) is 0 Å². The number of halogens is 2. The van der Waals surface area contributed by atoms with Crippen LogP contribution >= 0.6 is 0 Å². The van der Waals surface area contributed by atoms with Crippen molar-refractivity contribution in [2.45, 2.75) is 26.7 Å². The first-order valence-corrected chi connectivity index (χ1v) is 4.82. The Morgan fingerprint density at radius 1 is 1.27 bits per heavy atom. The lowest BCUT2D eigenvalue weighted by Gasteiger charge is -2.14. The predicted octanol–water partition coefficient (Wildman–Crippen LogP) is 2.69. The molecule has 0 aromatic heterocycles. The number of benzene rings is 1. The lowest BCUT2D eigenvalue weighted by Crippen LogP contribution is -2.18. The van der Waals surface area contributed by atoms with Crippen LogP contribution in [0.5, 0.6) is 0 Å². The van der Waals surface area contributed by atoms with Gasteiger partial charge in [0.1, 0.15) is 6.61 Å². The number of nitrogens with two attached hydrogens (primary N) is 1. The Kier molecular flexibility index (Phi) is 5.22. The van der Waals surface area contributed by atoms with E-state index in [1.54, 1.807) is 13.0 Å². The lowest BCUT2D eigenvalue weighted by atomic mass is 10.1. The lowest BCUT2D eigenvalue weighted by molar-refractivity contribution is -0.0556. The molecule has 0 atom stereocenters. The molecule has 86 valence electrons. The first-order chi connectivity index (χ1) is 6.95. The molecule has 0 saturated heterocycles. The second-order valence-corrected chi connectivity index (χ2v) is 2.99. The van der Waals surface area contributed by atoms with Crippen molar-refractivity contribution in [2.24, 2.45) is 0 Å². The van der Waals surface area contributed by atoms with E-state index in [0.29, 0.717) is 5.56 Å². The number of nitrogen functional groups attached to an aromatic ring is 1. The number of rotatable bonds is 2. The zero-order chi connectivity index (χ0) is 12.1. The maximum atomic E-state index is 12.9. The quantitative estimate of drug-likeness (QED) is 0.748. The summed E-state index contributed by atoms with van der Waals surface area (Å²) in [6.07, 6.45) is 0. The van der Waals surface area contributed by atoms with Crippen molar-refractivity contribution in [1.82, 2.24) is 0 Å². The van der Waals surface area contributed by atoms with Gasteiger partial charge in [-0.15, -0.1) is 0 Å². The van der Waals surface area contributed by atoms with Crippen LogP contribution in [0, 0.1) is 6.92 Å². The molecule has 0 aliphatic rings. The Hall–Kier alpha value is -1.16. The molecule has 0 unspecified atom stereocenters. The molecule has 0 aliphatic heterocycles. The Labute approximate surface area is 88.7 Å². The van der Waals surface area contributed by atoms with E-state index in [9.17, 15) is 8.78 Å². The highest BCUT2D eigenvalue weighted by Gasteiger charge is 2.30. The molecule has 2 nitrogen and oxygen atoms in total. The largest absolute Gasteiger partial charge is 0.399 e. The van der Waals surface area contributed by atoms with Gasteiger partial charge in [-0.1, -0.05) is 13.8 Å². The van der Waals surface area contributed by atoms with E-state index in [1.807, 2.05) is 13.8 Å². The summed E-state index contributed by atoms with van der Waals surface area (Å²) >= 11 is 0. The molecule has 0 radical (unpaired) electrons. The number of hydrogen-bond acceptors (Lipinski definition) is 2. The van der Waals surface area contributed by atoms with Gasteiger partial charge in [-0.2, -0.15) is 8.78 Å². The minimum Gasteiger partial charge on any atom is -0.399 e. The predicted molar refractivity (Wildman–Crippen MR) is 57.9 cm³/mol. The van der Waals surface area contributed by atoms with Gasteiger partial charge < -0.3 is 10.8 Å². The molecule has 1 rings (SSSR count). The molecule has 15 heavy (non-hydrogen) atoms. The van der Waals surface area contributed by atoms with Crippen LogP contribution in [-0.2, 0) is 5.92 Å². The van der Waals surface area contributed by atoms with Crippen molar-refractivity contribution in [3.63, 3.8) is 0 Å². The summed E-state index contributed by atoms with van der Waals surface area (Å²) in [5.74, 6) is -3.21. The molecular formula is C11H17F2NO. The fourth-order valence-electron chi connectivity index (χ4n) is 1.12. The van der Waals surface area contributed by atoms with Crippen LogP contribution in [0.1, 0.15) is 25.0 Å². The number of aryl methyl sites for hydroxylation is 1. The third-order valence-electron chi connectivity index (χ3n) is 1.72. The van der Waals surface area contributed by atoms with E-state index in [-0.39, 0.29) is 11.3 Å². The minimum atomic E-state index is -3.21. The van der Waals surface area contributed by atoms with Gasteiger partial charge in [0.2, 0.25) is 0 Å². The summed E-state index contributed by atoms with van der Waals surface area (Å²) in [5.41, 5.74) is 6.09. The van der Waals surface area contributed by atoms with Crippen LogP contribution in [0.25, 0.3) is 0 Å². The fourth-order valence-corrected chi connectivity index (χ4v) is 1.12. The number of anilines is 1. The summed E-state index contributed by atoms with van der Waals surface area (Å²) in [5, 5.41) is 8.44. The topological polar surface area (TPSA) is 46.2 Å². The summed E-state index contributed by atoms with van der Waals surface area (Å²) in [7, 11) is 0. The average Bonchev–Trinajstić information content (AvgIpc) is 2.19. The molecule has 0 heterocycles. The maximum absolute atomic E-state index is 12.9. The molecule has 0 aliphatic carbocycles. The van der Waals surface area contributed by atoms with E-state index in [2.05, 4.69) is 0 Å². The summed E-state index contributed by atoms with van der Waals surface area (Å²) < 4.78 is 25.9. The van der Waals surface area contributed by atoms with Gasteiger partial charge in [-0.25, -0.2) is 0 Å². The van der Waals surface area contributed by atoms with Gasteiger partial charge in [0.15, 0.2) is 0 Å². The maximum Gasteiger partial charge on any atom is 0.295 e. The summed E-state index contributed by atoms with van der Waals surface area (Å²) in [4.78, 5) is 0. The summed E-state index contributed by atoms with van der Waals surface area (Å²) in [6.45, 7) is 4.48. The highest BCUT2D eigenvalue weighted by Crippen LogP contribution is 2.29. The smallest absolute Gasteiger partial charge is 0.295 e. The Bertz CT molecular complexity index is 293. The van der Waals surface area contributed by atoms with Crippen molar-refractivity contribution in [3.05, 3.63) is 29.3 Å². The number of aliphatic hydroxyl groups excluding tert-OH is 1. The standard InChI is InChI=1S/C9H11F2NO.C2H6/c1-6-2-7(4-8(12)3-6)9(10,11)5-13;1-2/h2-4,13H,5,12H2,1H3;1-2H3. The third kappa shape index (κ3) is 3.83. The van der Waals surface area contributed by atoms with Crippen LogP contribution in [0.4, 0.5) is 14.5 Å². The van der Waals surface area contributed by atoms with Gasteiger partial charge in [-0.3, -0.25) is 0 Å².